The van der Waals surface area contributed by atoms with Crippen molar-refractivity contribution in [3.8, 4) is 0 Å². The highest BCUT2D eigenvalue weighted by atomic mass is 32.2. The first-order valence-electron chi connectivity index (χ1n) is 6.61. The van der Waals surface area contributed by atoms with Crippen LogP contribution in [0.3, 0.4) is 0 Å². The van der Waals surface area contributed by atoms with Crippen molar-refractivity contribution in [3.63, 3.8) is 0 Å². The zero-order valence-electron chi connectivity index (χ0n) is 11.6. The first-order chi connectivity index (χ1) is 9.87. The fourth-order valence-corrected chi connectivity index (χ4v) is 4.15. The molecule has 1 spiro atoms. The summed E-state index contributed by atoms with van der Waals surface area (Å²) in [6.07, 6.45) is 1.93. The van der Waals surface area contributed by atoms with Crippen molar-refractivity contribution >= 4 is 47.8 Å². The molecule has 1 aliphatic heterocycles. The second kappa shape index (κ2) is 6.00. The minimum absolute atomic E-state index is 0.0978. The van der Waals surface area contributed by atoms with Gasteiger partial charge < -0.3 is 10.0 Å². The molecule has 1 aliphatic carbocycles. The molecule has 21 heavy (non-hydrogen) atoms. The third-order valence-electron chi connectivity index (χ3n) is 4.30. The number of carboxylic acid groups (broad SMARTS) is 1. The lowest BCUT2D eigenvalue weighted by Gasteiger charge is -2.25. The highest BCUT2D eigenvalue weighted by Crippen LogP contribution is 2.43. The number of amides is 1. The molecule has 0 aromatic rings. The average Bonchev–Trinajstić information content (AvgIpc) is 2.98. The predicted molar refractivity (Wildman–Crippen MR) is 80.6 cm³/mol. The average molecular weight is 331 g/mol. The van der Waals surface area contributed by atoms with Crippen LogP contribution in [0.1, 0.15) is 19.3 Å². The fraction of sp³-hybridized carbons (Fsp3) is 0.692. The number of thiol groups is 1. The quantitative estimate of drug-likeness (QED) is 0.567. The highest BCUT2D eigenvalue weighted by molar-refractivity contribution is 8.00. The van der Waals surface area contributed by atoms with E-state index in [1.54, 1.807) is 6.26 Å². The number of hydrogen-bond donors (Lipinski definition) is 2. The van der Waals surface area contributed by atoms with E-state index >= 15 is 0 Å². The summed E-state index contributed by atoms with van der Waals surface area (Å²) in [5.41, 5.74) is -1.29. The van der Waals surface area contributed by atoms with Crippen molar-refractivity contribution in [2.45, 2.75) is 30.6 Å². The maximum absolute atomic E-state index is 12.4. The van der Waals surface area contributed by atoms with E-state index in [2.05, 4.69) is 12.6 Å². The SMILES string of the molecule is CSC(CS)C(=O)N1CC2(C[C@H]1C(=O)O)C(=O)CCC2=O. The number of rotatable bonds is 4. The summed E-state index contributed by atoms with van der Waals surface area (Å²) in [6, 6.07) is -1.11. The standard InChI is InChI=1S/C13H17NO5S2/c1-21-8(5-20)11(17)14-6-13(4-7(14)12(18)19)9(15)2-3-10(13)16/h7-8,20H,2-6H2,1H3,(H,18,19)/t7-,8?/m0/s1. The first-order valence-corrected chi connectivity index (χ1v) is 8.53. The van der Waals surface area contributed by atoms with Crippen molar-refractivity contribution in [3.05, 3.63) is 0 Å². The van der Waals surface area contributed by atoms with Gasteiger partial charge in [0.1, 0.15) is 23.0 Å². The zero-order valence-corrected chi connectivity index (χ0v) is 13.3. The number of carbonyl (C=O) groups is 4. The van der Waals surface area contributed by atoms with Gasteiger partial charge in [0.2, 0.25) is 5.91 Å². The van der Waals surface area contributed by atoms with Gasteiger partial charge >= 0.3 is 5.97 Å². The van der Waals surface area contributed by atoms with E-state index in [0.717, 1.165) is 0 Å². The minimum Gasteiger partial charge on any atom is -0.480 e. The number of nitrogens with zero attached hydrogens (tertiary/aromatic N) is 1. The lowest BCUT2D eigenvalue weighted by Crippen LogP contribution is -2.46. The lowest BCUT2D eigenvalue weighted by molar-refractivity contribution is -0.147. The molecule has 2 atom stereocenters. The van der Waals surface area contributed by atoms with Crippen LogP contribution in [0, 0.1) is 5.41 Å². The summed E-state index contributed by atoms with van der Waals surface area (Å²) in [7, 11) is 0. The van der Waals surface area contributed by atoms with Gasteiger partial charge in [-0.05, 0) is 12.7 Å². The van der Waals surface area contributed by atoms with Crippen molar-refractivity contribution in [2.75, 3.05) is 18.6 Å². The topological polar surface area (TPSA) is 91.8 Å². The van der Waals surface area contributed by atoms with E-state index in [0.29, 0.717) is 0 Å². The van der Waals surface area contributed by atoms with E-state index in [-0.39, 0.29) is 49.0 Å². The monoisotopic (exact) mass is 331 g/mol. The number of ketones is 2. The Morgan fingerprint density at radius 1 is 1.43 bits per heavy atom. The summed E-state index contributed by atoms with van der Waals surface area (Å²) < 4.78 is 0. The molecule has 1 unspecified atom stereocenters. The summed E-state index contributed by atoms with van der Waals surface area (Å²) in [5, 5.41) is 8.86. The largest absolute Gasteiger partial charge is 0.480 e. The zero-order chi connectivity index (χ0) is 15.8. The molecule has 1 saturated carbocycles. The number of Topliss-reactive ketones (excluding diaryl/α,β-unsaturated/α-hetero) is 2. The van der Waals surface area contributed by atoms with Crippen LogP contribution in [0.15, 0.2) is 0 Å². The van der Waals surface area contributed by atoms with Crippen LogP contribution in [-0.4, -0.2) is 63.3 Å². The molecular weight excluding hydrogens is 314 g/mol. The summed E-state index contributed by atoms with van der Waals surface area (Å²) in [5.74, 6) is -1.74. The molecule has 1 heterocycles. The van der Waals surface area contributed by atoms with Crippen LogP contribution in [0.25, 0.3) is 0 Å². The first kappa shape index (κ1) is 16.4. The second-order valence-electron chi connectivity index (χ2n) is 5.36. The molecule has 0 bridgehead atoms. The summed E-state index contributed by atoms with van der Waals surface area (Å²) >= 11 is 5.38. The molecule has 6 nitrogen and oxygen atoms in total. The van der Waals surface area contributed by atoms with Gasteiger partial charge in [-0.1, -0.05) is 0 Å². The molecular formula is C13H17NO5S2. The Kier molecular flexibility index (Phi) is 4.67. The van der Waals surface area contributed by atoms with Gasteiger partial charge in [-0.2, -0.15) is 24.4 Å². The third-order valence-corrected chi connectivity index (χ3v) is 5.85. The fourth-order valence-electron chi connectivity index (χ4n) is 3.06. The van der Waals surface area contributed by atoms with Crippen molar-refractivity contribution in [2.24, 2.45) is 5.41 Å². The number of carboxylic acids is 1. The van der Waals surface area contributed by atoms with E-state index in [4.69, 9.17) is 0 Å². The third kappa shape index (κ3) is 2.59. The van der Waals surface area contributed by atoms with Gasteiger partial charge in [0.25, 0.3) is 0 Å². The molecule has 0 radical (unpaired) electrons. The molecule has 2 rings (SSSR count). The smallest absolute Gasteiger partial charge is 0.326 e. The maximum Gasteiger partial charge on any atom is 0.326 e. The molecule has 1 amide bonds. The second-order valence-corrected chi connectivity index (χ2v) is 6.77. The molecule has 1 saturated heterocycles. The van der Waals surface area contributed by atoms with Crippen molar-refractivity contribution in [1.82, 2.24) is 4.90 Å². The number of thioether (sulfide) groups is 1. The van der Waals surface area contributed by atoms with Crippen LogP contribution in [0.2, 0.25) is 0 Å². The maximum atomic E-state index is 12.4. The minimum atomic E-state index is -1.29. The van der Waals surface area contributed by atoms with Crippen LogP contribution in [-0.2, 0) is 19.2 Å². The summed E-state index contributed by atoms with van der Waals surface area (Å²) in [6.45, 7) is -0.106. The normalized spacial score (nSPS) is 25.6. The van der Waals surface area contributed by atoms with Gasteiger partial charge in [0.05, 0.1) is 5.25 Å². The van der Waals surface area contributed by atoms with E-state index in [9.17, 15) is 24.3 Å². The molecule has 1 N–H and O–H groups in total. The number of likely N-dealkylation sites (tertiary alicyclic amines) is 1. The molecule has 0 aromatic heterocycles. The van der Waals surface area contributed by atoms with E-state index < -0.39 is 22.7 Å². The molecule has 8 heteroatoms. The Labute approximate surface area is 132 Å². The Morgan fingerprint density at radius 2 is 2.00 bits per heavy atom. The van der Waals surface area contributed by atoms with Crippen molar-refractivity contribution < 1.29 is 24.3 Å². The van der Waals surface area contributed by atoms with Gasteiger partial charge in [-0.25, -0.2) is 4.79 Å². The predicted octanol–water partition coefficient (Wildman–Crippen LogP) is 0.252. The lowest BCUT2D eigenvalue weighted by atomic mass is 9.82. The Hall–Kier alpha value is -1.02. The Bertz CT molecular complexity index is 487. The van der Waals surface area contributed by atoms with Crippen LogP contribution in [0.5, 0.6) is 0 Å². The van der Waals surface area contributed by atoms with Crippen LogP contribution < -0.4 is 0 Å². The number of carbonyl (C=O) groups excluding carboxylic acids is 3. The molecule has 0 aromatic carbocycles. The molecule has 2 aliphatic rings. The van der Waals surface area contributed by atoms with E-state index in [1.165, 1.54) is 16.7 Å². The number of hydrogen-bond acceptors (Lipinski definition) is 6. The Morgan fingerprint density at radius 3 is 2.43 bits per heavy atom. The molecule has 2 fully saturated rings. The van der Waals surface area contributed by atoms with Gasteiger partial charge in [0, 0.05) is 25.1 Å². The van der Waals surface area contributed by atoms with Crippen molar-refractivity contribution in [1.29, 1.82) is 0 Å². The van der Waals surface area contributed by atoms with Gasteiger partial charge in [0.15, 0.2) is 0 Å². The van der Waals surface area contributed by atoms with Gasteiger partial charge in [-0.15, -0.1) is 0 Å². The highest BCUT2D eigenvalue weighted by Gasteiger charge is 2.59. The molecule has 116 valence electrons. The van der Waals surface area contributed by atoms with Gasteiger partial charge in [-0.3, -0.25) is 14.4 Å². The Balaban J connectivity index is 2.32. The number of aliphatic carboxylic acids is 1. The van der Waals surface area contributed by atoms with E-state index in [1.807, 2.05) is 0 Å². The van der Waals surface area contributed by atoms with Crippen LogP contribution >= 0.6 is 24.4 Å². The van der Waals surface area contributed by atoms with Crippen LogP contribution in [0.4, 0.5) is 0 Å². The summed E-state index contributed by atoms with van der Waals surface area (Å²) in [4.78, 5) is 49.2.